The van der Waals surface area contributed by atoms with Crippen LogP contribution in [0.25, 0.3) is 0 Å². The maximum atomic E-state index is 11.9. The van der Waals surface area contributed by atoms with Gasteiger partial charge in [-0.15, -0.1) is 0 Å². The van der Waals surface area contributed by atoms with Gasteiger partial charge in [-0.1, -0.05) is 86.3 Å². The average Bonchev–Trinajstić information content (AvgIpc) is 2.65. The van der Waals surface area contributed by atoms with E-state index in [1.54, 1.807) is 0 Å². The van der Waals surface area contributed by atoms with Crippen LogP contribution in [0.5, 0.6) is 0 Å². The Morgan fingerprint density at radius 2 is 1.32 bits per heavy atom. The van der Waals surface area contributed by atoms with E-state index in [0.29, 0.717) is 6.42 Å². The summed E-state index contributed by atoms with van der Waals surface area (Å²) in [5.41, 5.74) is 5.38. The van der Waals surface area contributed by atoms with Crippen LogP contribution in [-0.4, -0.2) is 51.6 Å². The largest absolute Gasteiger partial charge is 0.480 e. The Bertz CT molecular complexity index is 452. The van der Waals surface area contributed by atoms with Crippen LogP contribution in [0.3, 0.4) is 0 Å². The van der Waals surface area contributed by atoms with Crippen LogP contribution in [0, 0.1) is 0 Å². The lowest BCUT2D eigenvalue weighted by molar-refractivity contribution is -0.141. The second-order valence-electron chi connectivity index (χ2n) is 6.90. The first-order chi connectivity index (χ1) is 13.4. The molecule has 0 spiro atoms. The van der Waals surface area contributed by atoms with Gasteiger partial charge in [0.15, 0.2) is 0 Å². The van der Waals surface area contributed by atoms with Crippen molar-refractivity contribution in [2.75, 3.05) is 11.5 Å². The summed E-state index contributed by atoms with van der Waals surface area (Å²) < 4.78 is 0. The van der Waals surface area contributed by atoms with Crippen molar-refractivity contribution in [2.24, 2.45) is 5.73 Å². The highest BCUT2D eigenvalue weighted by molar-refractivity contribution is 8.76. The van der Waals surface area contributed by atoms with Gasteiger partial charge in [0.1, 0.15) is 12.1 Å². The molecule has 0 radical (unpaired) electrons. The van der Waals surface area contributed by atoms with Crippen molar-refractivity contribution in [3.8, 4) is 0 Å². The summed E-state index contributed by atoms with van der Waals surface area (Å²) in [6.45, 7) is 2.21. The Morgan fingerprint density at radius 3 is 1.82 bits per heavy atom. The van der Waals surface area contributed by atoms with Gasteiger partial charge >= 0.3 is 11.9 Å². The third-order valence-electron chi connectivity index (χ3n) is 4.27. The molecule has 0 rings (SSSR count). The Morgan fingerprint density at radius 1 is 0.821 bits per heavy atom. The van der Waals surface area contributed by atoms with Gasteiger partial charge in [-0.05, 0) is 6.42 Å². The van der Waals surface area contributed by atoms with Crippen molar-refractivity contribution in [3.05, 3.63) is 0 Å². The van der Waals surface area contributed by atoms with Crippen LogP contribution in [0.15, 0.2) is 0 Å². The van der Waals surface area contributed by atoms with Crippen LogP contribution >= 0.6 is 21.6 Å². The highest BCUT2D eigenvalue weighted by Gasteiger charge is 2.20. The molecule has 1 amide bonds. The lowest BCUT2D eigenvalue weighted by Crippen LogP contribution is -2.42. The number of aliphatic carboxylic acids is 2. The van der Waals surface area contributed by atoms with Crippen molar-refractivity contribution in [2.45, 2.75) is 89.6 Å². The number of amides is 1. The smallest absolute Gasteiger partial charge is 0.327 e. The molecule has 0 saturated heterocycles. The van der Waals surface area contributed by atoms with Crippen LogP contribution in [0.2, 0.25) is 0 Å². The minimum atomic E-state index is -1.09. The number of rotatable bonds is 19. The zero-order valence-electron chi connectivity index (χ0n) is 16.9. The number of carbonyl (C=O) groups is 3. The molecule has 0 saturated carbocycles. The molecule has 0 aliphatic rings. The molecule has 0 aromatic heterocycles. The standard InChI is InChI=1S/C19H36N2O5S2/c1-2-3-4-5-6-7-8-9-10-11-12-17(22)21-16(19(25)26)14-28-27-13-15(20)18(23)24/h15-16H,2-14,20H2,1H3,(H,21,22)(H,23,24)(H,25,26)/t15?,16-/m0/s1. The molecule has 0 bridgehead atoms. The molecule has 0 aromatic carbocycles. The van der Waals surface area contributed by atoms with Crippen molar-refractivity contribution in [1.82, 2.24) is 5.32 Å². The summed E-state index contributed by atoms with van der Waals surface area (Å²) in [6, 6.07) is -1.96. The summed E-state index contributed by atoms with van der Waals surface area (Å²) in [5, 5.41) is 20.4. The SMILES string of the molecule is CCCCCCCCCCCCC(=O)N[C@@H](CSSCC(N)C(=O)O)C(=O)O. The van der Waals surface area contributed by atoms with E-state index in [4.69, 9.17) is 10.8 Å². The third kappa shape index (κ3) is 16.1. The first-order valence-corrected chi connectivity index (χ1v) is 12.6. The molecular formula is C19H36N2O5S2. The molecule has 0 aliphatic heterocycles. The number of unbranched alkanes of at least 4 members (excludes halogenated alkanes) is 9. The molecule has 164 valence electrons. The fourth-order valence-corrected chi connectivity index (χ4v) is 4.79. The quantitative estimate of drug-likeness (QED) is 0.178. The van der Waals surface area contributed by atoms with Gasteiger partial charge in [0.05, 0.1) is 0 Å². The molecule has 28 heavy (non-hydrogen) atoms. The molecule has 0 fully saturated rings. The highest BCUT2D eigenvalue weighted by atomic mass is 33.1. The van der Waals surface area contributed by atoms with Crippen LogP contribution in [-0.2, 0) is 14.4 Å². The van der Waals surface area contributed by atoms with E-state index < -0.39 is 24.0 Å². The number of nitrogens with two attached hydrogens (primary N) is 1. The lowest BCUT2D eigenvalue weighted by atomic mass is 10.1. The molecule has 9 heteroatoms. The first-order valence-electron chi connectivity index (χ1n) is 10.1. The topological polar surface area (TPSA) is 130 Å². The Hall–Kier alpha value is -0.930. The van der Waals surface area contributed by atoms with Gasteiger partial charge in [0.25, 0.3) is 0 Å². The number of hydrogen-bond donors (Lipinski definition) is 4. The summed E-state index contributed by atoms with van der Waals surface area (Å²) in [5.74, 6) is -2.09. The predicted molar refractivity (Wildman–Crippen MR) is 117 cm³/mol. The average molecular weight is 437 g/mol. The fraction of sp³-hybridized carbons (Fsp3) is 0.842. The minimum absolute atomic E-state index is 0.163. The van der Waals surface area contributed by atoms with Gasteiger partial charge in [-0.25, -0.2) is 4.79 Å². The molecule has 7 nitrogen and oxygen atoms in total. The third-order valence-corrected chi connectivity index (χ3v) is 6.72. The van der Waals surface area contributed by atoms with Crippen molar-refractivity contribution in [3.63, 3.8) is 0 Å². The Kier molecular flexibility index (Phi) is 17.5. The second kappa shape index (κ2) is 18.1. The zero-order chi connectivity index (χ0) is 21.2. The monoisotopic (exact) mass is 436 g/mol. The Balaban J connectivity index is 3.76. The molecule has 5 N–H and O–H groups in total. The molecule has 0 aromatic rings. The number of carbonyl (C=O) groups excluding carboxylic acids is 1. The van der Waals surface area contributed by atoms with Crippen molar-refractivity contribution in [1.29, 1.82) is 0 Å². The van der Waals surface area contributed by atoms with Gasteiger partial charge in [0, 0.05) is 17.9 Å². The van der Waals surface area contributed by atoms with Gasteiger partial charge in [0.2, 0.25) is 5.91 Å². The Labute approximate surface area is 176 Å². The normalized spacial score (nSPS) is 13.1. The van der Waals surface area contributed by atoms with E-state index in [-0.39, 0.29) is 17.4 Å². The molecule has 2 atom stereocenters. The fourth-order valence-electron chi connectivity index (χ4n) is 2.52. The number of carboxylic acid groups (broad SMARTS) is 2. The van der Waals surface area contributed by atoms with Gasteiger partial charge < -0.3 is 21.3 Å². The summed E-state index contributed by atoms with van der Waals surface area (Å²) >= 11 is 0. The van der Waals surface area contributed by atoms with Crippen LogP contribution in [0.1, 0.15) is 77.6 Å². The van der Waals surface area contributed by atoms with E-state index >= 15 is 0 Å². The second-order valence-corrected chi connectivity index (χ2v) is 9.46. The molecule has 0 aliphatic carbocycles. The number of hydrogen-bond acceptors (Lipinski definition) is 6. The van der Waals surface area contributed by atoms with Crippen molar-refractivity contribution < 1.29 is 24.6 Å². The van der Waals surface area contributed by atoms with E-state index in [1.165, 1.54) is 66.5 Å². The predicted octanol–water partition coefficient (Wildman–Crippen LogP) is 3.66. The van der Waals surface area contributed by atoms with Crippen LogP contribution < -0.4 is 11.1 Å². The maximum Gasteiger partial charge on any atom is 0.327 e. The summed E-state index contributed by atoms with van der Waals surface area (Å²) in [6.07, 6.45) is 12.1. The van der Waals surface area contributed by atoms with Gasteiger partial charge in [-0.3, -0.25) is 9.59 Å². The molecule has 1 unspecified atom stereocenters. The maximum absolute atomic E-state index is 11.9. The molecular weight excluding hydrogens is 400 g/mol. The zero-order valence-corrected chi connectivity index (χ0v) is 18.5. The van der Waals surface area contributed by atoms with E-state index in [1.807, 2.05) is 0 Å². The van der Waals surface area contributed by atoms with Crippen molar-refractivity contribution >= 4 is 39.4 Å². The first kappa shape index (κ1) is 27.1. The molecule has 0 heterocycles. The van der Waals surface area contributed by atoms with Crippen LogP contribution in [0.4, 0.5) is 0 Å². The minimum Gasteiger partial charge on any atom is -0.480 e. The van der Waals surface area contributed by atoms with E-state index in [2.05, 4.69) is 12.2 Å². The number of carboxylic acids is 2. The summed E-state index contributed by atoms with van der Waals surface area (Å²) in [4.78, 5) is 33.8. The summed E-state index contributed by atoms with van der Waals surface area (Å²) in [7, 11) is 2.39. The van der Waals surface area contributed by atoms with E-state index in [9.17, 15) is 19.5 Å². The van der Waals surface area contributed by atoms with E-state index in [0.717, 1.165) is 19.3 Å². The van der Waals surface area contributed by atoms with Gasteiger partial charge in [-0.2, -0.15) is 0 Å². The lowest BCUT2D eigenvalue weighted by Gasteiger charge is -2.14. The highest BCUT2D eigenvalue weighted by Crippen LogP contribution is 2.22. The number of nitrogens with one attached hydrogen (secondary N) is 1.